The van der Waals surface area contributed by atoms with E-state index in [0.717, 1.165) is 59.1 Å². The van der Waals surface area contributed by atoms with Crippen LogP contribution in [0, 0.1) is 6.92 Å². The lowest BCUT2D eigenvalue weighted by Gasteiger charge is -2.17. The number of fused-ring (bicyclic) bond motifs is 1. The van der Waals surface area contributed by atoms with E-state index in [4.69, 9.17) is 0 Å². The molecule has 0 spiro atoms. The molecule has 0 atom stereocenters. The average molecular weight is 535 g/mol. The number of rotatable bonds is 6. The number of anilines is 2. The fourth-order valence-electron chi connectivity index (χ4n) is 4.81. The van der Waals surface area contributed by atoms with E-state index in [0.29, 0.717) is 29.0 Å². The van der Waals surface area contributed by atoms with Crippen LogP contribution in [0.5, 0.6) is 0 Å². The Morgan fingerprint density at radius 3 is 2.66 bits per heavy atom. The van der Waals surface area contributed by atoms with Gasteiger partial charge in [0.2, 0.25) is 0 Å². The highest BCUT2D eigenvalue weighted by Gasteiger charge is 2.32. The molecular formula is C28H25F3N6S. The van der Waals surface area contributed by atoms with E-state index in [1.807, 2.05) is 42.6 Å². The predicted octanol–water partition coefficient (Wildman–Crippen LogP) is 7.42. The molecule has 194 valence electrons. The van der Waals surface area contributed by atoms with Gasteiger partial charge in [-0.25, -0.2) is 9.97 Å². The van der Waals surface area contributed by atoms with Crippen LogP contribution in [0.1, 0.15) is 29.5 Å². The lowest BCUT2D eigenvalue weighted by Crippen LogP contribution is -2.19. The smallest absolute Gasteiger partial charge is 0.338 e. The Balaban J connectivity index is 1.31. The number of benzene rings is 2. The van der Waals surface area contributed by atoms with Crippen molar-refractivity contribution in [2.75, 3.05) is 18.4 Å². The molecule has 1 aliphatic rings. The van der Waals surface area contributed by atoms with E-state index in [1.165, 1.54) is 23.5 Å². The van der Waals surface area contributed by atoms with Crippen LogP contribution >= 0.6 is 11.3 Å². The van der Waals surface area contributed by atoms with Crippen LogP contribution < -0.4 is 5.32 Å². The molecule has 38 heavy (non-hydrogen) atoms. The summed E-state index contributed by atoms with van der Waals surface area (Å²) in [5, 5.41) is 6.07. The van der Waals surface area contributed by atoms with E-state index >= 15 is 0 Å². The normalized spacial score (nSPS) is 14.4. The Bertz CT molecular complexity index is 1590. The van der Waals surface area contributed by atoms with Gasteiger partial charge in [-0.3, -0.25) is 9.88 Å². The van der Waals surface area contributed by atoms with Gasteiger partial charge in [-0.1, -0.05) is 0 Å². The monoisotopic (exact) mass is 534 g/mol. The first-order valence-electron chi connectivity index (χ1n) is 12.4. The summed E-state index contributed by atoms with van der Waals surface area (Å²) in [6, 6.07) is 11.9. The van der Waals surface area contributed by atoms with E-state index < -0.39 is 11.7 Å². The first-order chi connectivity index (χ1) is 18.3. The fourth-order valence-corrected chi connectivity index (χ4v) is 5.54. The molecule has 0 aliphatic carbocycles. The Kier molecular flexibility index (Phi) is 6.37. The Labute approximate surface area is 221 Å². The van der Waals surface area contributed by atoms with Gasteiger partial charge < -0.3 is 10.3 Å². The Hall–Kier alpha value is -3.76. The zero-order valence-electron chi connectivity index (χ0n) is 20.6. The maximum Gasteiger partial charge on any atom is 0.416 e. The van der Waals surface area contributed by atoms with E-state index in [2.05, 4.69) is 30.2 Å². The van der Waals surface area contributed by atoms with Crippen LogP contribution in [-0.2, 0) is 12.7 Å². The first-order valence-corrected chi connectivity index (χ1v) is 13.3. The van der Waals surface area contributed by atoms with Crippen LogP contribution in [0.25, 0.3) is 33.7 Å². The molecule has 4 heterocycles. The van der Waals surface area contributed by atoms with Gasteiger partial charge in [-0.15, -0.1) is 11.3 Å². The fraction of sp³-hybridized carbons (Fsp3) is 0.250. The highest BCUT2D eigenvalue weighted by molar-refractivity contribution is 7.14. The quantitative estimate of drug-likeness (QED) is 0.237. The summed E-state index contributed by atoms with van der Waals surface area (Å²) >= 11 is 1.49. The number of H-pyrrole nitrogens is 1. The van der Waals surface area contributed by atoms with Gasteiger partial charge in [0.05, 0.1) is 22.3 Å². The number of hydrogen-bond donors (Lipinski definition) is 2. The minimum Gasteiger partial charge on any atom is -0.338 e. The summed E-state index contributed by atoms with van der Waals surface area (Å²) in [4.78, 5) is 18.9. The number of hydrogen-bond acceptors (Lipinski definition) is 6. The number of pyridine rings is 1. The van der Waals surface area contributed by atoms with Crippen LogP contribution in [-0.4, -0.2) is 37.9 Å². The molecule has 6 nitrogen and oxygen atoms in total. The summed E-state index contributed by atoms with van der Waals surface area (Å²) < 4.78 is 41.2. The molecule has 0 unspecified atom stereocenters. The number of nitrogens with zero attached hydrogens (tertiary/aromatic N) is 4. The van der Waals surface area contributed by atoms with Crippen LogP contribution in [0.15, 0.2) is 60.2 Å². The lowest BCUT2D eigenvalue weighted by atomic mass is 10.0. The maximum atomic E-state index is 13.7. The summed E-state index contributed by atoms with van der Waals surface area (Å²) in [5.41, 5.74) is 5.41. The van der Waals surface area contributed by atoms with Crippen LogP contribution in [0.4, 0.5) is 24.0 Å². The minimum absolute atomic E-state index is 0.415. The summed E-state index contributed by atoms with van der Waals surface area (Å²) in [6.07, 6.45) is 1.22. The first kappa shape index (κ1) is 24.6. The predicted molar refractivity (Wildman–Crippen MR) is 144 cm³/mol. The van der Waals surface area contributed by atoms with Crippen LogP contribution in [0.2, 0.25) is 0 Å². The number of aromatic nitrogens is 4. The second kappa shape index (κ2) is 9.85. The number of likely N-dealkylation sites (tertiary alicyclic amines) is 1. The zero-order chi connectivity index (χ0) is 26.3. The zero-order valence-corrected chi connectivity index (χ0v) is 21.5. The highest BCUT2D eigenvalue weighted by atomic mass is 32.1. The van der Waals surface area contributed by atoms with Gasteiger partial charge in [0, 0.05) is 41.1 Å². The molecule has 0 bridgehead atoms. The Morgan fingerprint density at radius 1 is 1.05 bits per heavy atom. The number of aryl methyl sites for hydroxylation is 1. The molecule has 1 fully saturated rings. The number of nitrogens with one attached hydrogen (secondary N) is 2. The highest BCUT2D eigenvalue weighted by Crippen LogP contribution is 2.35. The topological polar surface area (TPSA) is 69.7 Å². The molecule has 1 aliphatic heterocycles. The van der Waals surface area contributed by atoms with Gasteiger partial charge in [0.1, 0.15) is 5.82 Å². The maximum absolute atomic E-state index is 13.7. The molecule has 0 amide bonds. The molecular weight excluding hydrogens is 509 g/mol. The second-order valence-corrected chi connectivity index (χ2v) is 10.4. The van der Waals surface area contributed by atoms with Crippen molar-refractivity contribution in [3.05, 3.63) is 76.9 Å². The van der Waals surface area contributed by atoms with Gasteiger partial charge in [0.25, 0.3) is 0 Å². The average Bonchev–Trinajstić information content (AvgIpc) is 3.66. The second-order valence-electron chi connectivity index (χ2n) is 9.57. The SMILES string of the molecule is Cc1cc2nc(-c3cc(CN4CCCC4)cc(C(F)(F)F)c3)[nH]c2cc1Nc1nc(-c2cccnc2)cs1. The molecule has 10 heteroatoms. The summed E-state index contributed by atoms with van der Waals surface area (Å²) in [5.74, 6) is 0.415. The molecule has 0 saturated carbocycles. The molecule has 2 aromatic carbocycles. The number of alkyl halides is 3. The summed E-state index contributed by atoms with van der Waals surface area (Å²) in [6.45, 7) is 4.28. The largest absolute Gasteiger partial charge is 0.416 e. The lowest BCUT2D eigenvalue weighted by molar-refractivity contribution is -0.137. The van der Waals surface area contributed by atoms with Gasteiger partial charge in [-0.2, -0.15) is 13.2 Å². The number of imidazole rings is 1. The number of thiazole rings is 1. The van der Waals surface area contributed by atoms with E-state index in [-0.39, 0.29) is 0 Å². The van der Waals surface area contributed by atoms with Gasteiger partial charge in [0.15, 0.2) is 5.13 Å². The van der Waals surface area contributed by atoms with Crippen LogP contribution in [0.3, 0.4) is 0 Å². The van der Waals surface area contributed by atoms with Crippen molar-refractivity contribution in [1.29, 1.82) is 0 Å². The standard InChI is InChI=1S/C28H25F3N6S/c1-17-9-23-24(13-22(17)35-27-36-25(16-38-27)19-5-4-6-32-14-19)34-26(33-23)20-10-18(15-37-7-2-3-8-37)11-21(12-20)28(29,30)31/h4-6,9-14,16H,2-3,7-8,15H2,1H3,(H,33,34)(H,35,36). The minimum atomic E-state index is -4.43. The molecule has 0 radical (unpaired) electrons. The van der Waals surface area contributed by atoms with Crippen molar-refractivity contribution < 1.29 is 13.2 Å². The van der Waals surface area contributed by atoms with Crippen molar-refractivity contribution in [2.45, 2.75) is 32.5 Å². The van der Waals surface area contributed by atoms with Gasteiger partial charge in [-0.05, 0) is 86.4 Å². The molecule has 2 N–H and O–H groups in total. The van der Waals surface area contributed by atoms with E-state index in [9.17, 15) is 13.2 Å². The van der Waals surface area contributed by atoms with Crippen molar-refractivity contribution >= 4 is 33.2 Å². The molecule has 3 aromatic heterocycles. The third-order valence-corrected chi connectivity index (χ3v) is 7.49. The van der Waals surface area contributed by atoms with Crippen molar-refractivity contribution in [3.8, 4) is 22.6 Å². The van der Waals surface area contributed by atoms with Crippen molar-refractivity contribution in [1.82, 2.24) is 24.8 Å². The number of aromatic amines is 1. The van der Waals surface area contributed by atoms with Crippen molar-refractivity contribution in [3.63, 3.8) is 0 Å². The molecule has 1 saturated heterocycles. The third-order valence-electron chi connectivity index (χ3n) is 6.73. The Morgan fingerprint density at radius 2 is 1.89 bits per heavy atom. The molecule has 5 aromatic rings. The van der Waals surface area contributed by atoms with Gasteiger partial charge >= 0.3 is 6.18 Å². The van der Waals surface area contributed by atoms with E-state index in [1.54, 1.807) is 12.4 Å². The molecule has 6 rings (SSSR count). The summed E-state index contributed by atoms with van der Waals surface area (Å²) in [7, 11) is 0. The third kappa shape index (κ3) is 5.14. The number of halogens is 3. The van der Waals surface area contributed by atoms with Crippen molar-refractivity contribution in [2.24, 2.45) is 0 Å².